The van der Waals surface area contributed by atoms with Crippen LogP contribution in [-0.4, -0.2) is 4.92 Å². The average molecular weight is 247 g/mol. The second kappa shape index (κ2) is 5.32. The van der Waals surface area contributed by atoms with Crippen molar-refractivity contribution < 1.29 is 9.34 Å². The van der Waals surface area contributed by atoms with Gasteiger partial charge in [0.2, 0.25) is 0 Å². The summed E-state index contributed by atoms with van der Waals surface area (Å²) < 4.78 is 5.10. The lowest BCUT2D eigenvalue weighted by Gasteiger charge is -2.15. The molecule has 1 aliphatic rings. The van der Waals surface area contributed by atoms with E-state index in [1.165, 1.54) is 18.9 Å². The quantitative estimate of drug-likeness (QED) is 0.657. The maximum Gasteiger partial charge on any atom is 0.433 e. The fraction of sp³-hybridized carbons (Fsp3) is 0.600. The smallest absolute Gasteiger partial charge is 0.404 e. The van der Waals surface area contributed by atoms with E-state index in [1.807, 2.05) is 0 Å². The summed E-state index contributed by atoms with van der Waals surface area (Å²) in [5.74, 6) is 0.725. The molecule has 1 fully saturated rings. The van der Waals surface area contributed by atoms with Gasteiger partial charge in [0.05, 0.1) is 12.1 Å². The Labute approximate surface area is 99.6 Å². The van der Waals surface area contributed by atoms with Crippen LogP contribution in [0.1, 0.15) is 37.5 Å². The molecule has 2 N–H and O–H groups in total. The van der Waals surface area contributed by atoms with E-state index >= 15 is 0 Å². The van der Waals surface area contributed by atoms with Crippen molar-refractivity contribution in [2.45, 2.75) is 31.7 Å². The summed E-state index contributed by atoms with van der Waals surface area (Å²) in [6.45, 7) is 0. The molecule has 6 heteroatoms. The van der Waals surface area contributed by atoms with Crippen LogP contribution in [0.3, 0.4) is 0 Å². The van der Waals surface area contributed by atoms with Crippen LogP contribution < -0.4 is 5.73 Å². The Kier molecular flexibility index (Phi) is 4.32. The molecule has 0 aliphatic heterocycles. The van der Waals surface area contributed by atoms with Crippen LogP contribution in [0.15, 0.2) is 16.5 Å². The lowest BCUT2D eigenvalue weighted by Crippen LogP contribution is -2.18. The second-order valence-corrected chi connectivity index (χ2v) is 4.00. The van der Waals surface area contributed by atoms with Crippen LogP contribution in [0.25, 0.3) is 0 Å². The summed E-state index contributed by atoms with van der Waals surface area (Å²) in [5, 5.41) is 10.4. The molecule has 1 aliphatic carbocycles. The topological polar surface area (TPSA) is 82.3 Å². The van der Waals surface area contributed by atoms with Crippen molar-refractivity contribution >= 4 is 18.3 Å². The zero-order valence-electron chi connectivity index (χ0n) is 8.80. The highest BCUT2D eigenvalue weighted by atomic mass is 35.5. The van der Waals surface area contributed by atoms with Crippen molar-refractivity contribution in [1.29, 1.82) is 0 Å². The summed E-state index contributed by atoms with van der Waals surface area (Å²) in [7, 11) is 0. The number of hydrogen-bond acceptors (Lipinski definition) is 4. The molecule has 0 spiro atoms. The third-order valence-electron chi connectivity index (χ3n) is 3.03. The molecule has 1 aromatic rings. The Morgan fingerprint density at radius 2 is 2.06 bits per heavy atom. The first-order chi connectivity index (χ1) is 7.18. The maximum atomic E-state index is 10.4. The van der Waals surface area contributed by atoms with Gasteiger partial charge in [-0.25, -0.2) is 0 Å². The number of hydrogen-bond donors (Lipinski definition) is 1. The van der Waals surface area contributed by atoms with Crippen molar-refractivity contribution in [2.75, 3.05) is 0 Å². The van der Waals surface area contributed by atoms with E-state index in [4.69, 9.17) is 10.2 Å². The predicted octanol–water partition coefficient (Wildman–Crippen LogP) is 2.80. The largest absolute Gasteiger partial charge is 0.433 e. The van der Waals surface area contributed by atoms with Crippen molar-refractivity contribution in [2.24, 2.45) is 11.7 Å². The average Bonchev–Trinajstić information content (AvgIpc) is 2.88. The van der Waals surface area contributed by atoms with Gasteiger partial charge in [-0.15, -0.1) is 12.4 Å². The number of rotatable bonds is 3. The number of halogens is 1. The molecule has 0 unspecified atom stereocenters. The van der Waals surface area contributed by atoms with Gasteiger partial charge in [-0.2, -0.15) is 0 Å². The highest BCUT2D eigenvalue weighted by Gasteiger charge is 2.26. The van der Waals surface area contributed by atoms with Gasteiger partial charge in [-0.3, -0.25) is 10.1 Å². The lowest BCUT2D eigenvalue weighted by atomic mass is 9.97. The molecule has 1 saturated carbocycles. The molecule has 0 saturated heterocycles. The Hall–Kier alpha value is -1.07. The Morgan fingerprint density at radius 3 is 2.56 bits per heavy atom. The number of nitrogens with zero attached hydrogens (tertiary/aromatic N) is 1. The van der Waals surface area contributed by atoms with Gasteiger partial charge < -0.3 is 10.2 Å². The molecule has 0 aromatic carbocycles. The van der Waals surface area contributed by atoms with Crippen molar-refractivity contribution in [3.63, 3.8) is 0 Å². The minimum absolute atomic E-state index is 0. The normalized spacial score (nSPS) is 18.1. The predicted molar refractivity (Wildman–Crippen MR) is 61.5 cm³/mol. The van der Waals surface area contributed by atoms with Gasteiger partial charge in [-0.05, 0) is 24.8 Å². The standard InChI is InChI=1S/C10H14N2O3.ClH/c11-10(7-3-1-2-4-7)8-5-6-9(15-8)12(13)14;/h5-7,10H,1-4,11H2;1H/t10-;/m0./s1. The van der Waals surface area contributed by atoms with Crippen LogP contribution in [0.4, 0.5) is 5.88 Å². The molecule has 1 aromatic heterocycles. The molecular weight excluding hydrogens is 232 g/mol. The third kappa shape index (κ3) is 2.54. The summed E-state index contributed by atoms with van der Waals surface area (Å²) in [4.78, 5) is 9.89. The molecule has 0 amide bonds. The number of nitro groups is 1. The molecule has 1 atom stereocenters. The zero-order chi connectivity index (χ0) is 10.8. The van der Waals surface area contributed by atoms with Crippen molar-refractivity contribution in [3.05, 3.63) is 28.0 Å². The summed E-state index contributed by atoms with van der Waals surface area (Å²) in [6.07, 6.45) is 4.58. The SMILES string of the molecule is Cl.N[C@H](c1ccc([N+](=O)[O-])o1)C1CCCC1. The van der Waals surface area contributed by atoms with Gasteiger partial charge in [0.25, 0.3) is 0 Å². The molecule has 0 bridgehead atoms. The van der Waals surface area contributed by atoms with Gasteiger partial charge in [-0.1, -0.05) is 12.8 Å². The van der Waals surface area contributed by atoms with E-state index in [0.717, 1.165) is 12.8 Å². The van der Waals surface area contributed by atoms with Crippen LogP contribution in [0, 0.1) is 16.0 Å². The summed E-state index contributed by atoms with van der Waals surface area (Å²) in [6, 6.07) is 2.78. The molecule has 2 rings (SSSR count). The molecular formula is C10H15ClN2O3. The summed E-state index contributed by atoms with van der Waals surface area (Å²) >= 11 is 0. The fourth-order valence-corrected chi connectivity index (χ4v) is 2.17. The zero-order valence-corrected chi connectivity index (χ0v) is 9.61. The van der Waals surface area contributed by atoms with Gasteiger partial charge in [0.15, 0.2) is 0 Å². The maximum absolute atomic E-state index is 10.4. The van der Waals surface area contributed by atoms with Crippen LogP contribution in [-0.2, 0) is 0 Å². The first kappa shape index (κ1) is 13.0. The molecule has 1 heterocycles. The molecule has 0 radical (unpaired) electrons. The second-order valence-electron chi connectivity index (χ2n) is 4.00. The first-order valence-corrected chi connectivity index (χ1v) is 5.18. The van der Waals surface area contributed by atoms with Crippen LogP contribution in [0.2, 0.25) is 0 Å². The lowest BCUT2D eigenvalue weighted by molar-refractivity contribution is -0.402. The number of nitrogens with two attached hydrogens (primary N) is 1. The highest BCUT2D eigenvalue weighted by molar-refractivity contribution is 5.85. The van der Waals surface area contributed by atoms with Gasteiger partial charge in [0, 0.05) is 0 Å². The van der Waals surface area contributed by atoms with E-state index in [0.29, 0.717) is 11.7 Å². The monoisotopic (exact) mass is 246 g/mol. The molecule has 16 heavy (non-hydrogen) atoms. The third-order valence-corrected chi connectivity index (χ3v) is 3.03. The van der Waals surface area contributed by atoms with E-state index in [-0.39, 0.29) is 24.3 Å². The van der Waals surface area contributed by atoms with Crippen LogP contribution in [0.5, 0.6) is 0 Å². The van der Waals surface area contributed by atoms with Crippen molar-refractivity contribution in [3.8, 4) is 0 Å². The Balaban J connectivity index is 0.00000128. The molecule has 90 valence electrons. The fourth-order valence-electron chi connectivity index (χ4n) is 2.17. The Bertz CT molecular complexity index is 361. The van der Waals surface area contributed by atoms with E-state index in [9.17, 15) is 10.1 Å². The van der Waals surface area contributed by atoms with Gasteiger partial charge in [0.1, 0.15) is 10.7 Å². The minimum Gasteiger partial charge on any atom is -0.404 e. The molecule has 5 nitrogen and oxygen atoms in total. The summed E-state index contributed by atoms with van der Waals surface area (Å²) in [5.41, 5.74) is 6.00. The van der Waals surface area contributed by atoms with E-state index in [2.05, 4.69) is 0 Å². The van der Waals surface area contributed by atoms with Crippen LogP contribution >= 0.6 is 12.4 Å². The van der Waals surface area contributed by atoms with Crippen molar-refractivity contribution in [1.82, 2.24) is 0 Å². The van der Waals surface area contributed by atoms with E-state index in [1.54, 1.807) is 6.07 Å². The van der Waals surface area contributed by atoms with E-state index < -0.39 is 4.92 Å². The highest BCUT2D eigenvalue weighted by Crippen LogP contribution is 2.35. The minimum atomic E-state index is -0.537. The van der Waals surface area contributed by atoms with Gasteiger partial charge >= 0.3 is 5.88 Å². The first-order valence-electron chi connectivity index (χ1n) is 5.18. The number of furan rings is 1. The Morgan fingerprint density at radius 1 is 1.44 bits per heavy atom.